The van der Waals surface area contributed by atoms with Crippen molar-refractivity contribution in [3.05, 3.63) is 12.1 Å². The van der Waals surface area contributed by atoms with E-state index in [0.29, 0.717) is 0 Å². The Morgan fingerprint density at radius 1 is 0.812 bits per heavy atom. The predicted octanol–water partition coefficient (Wildman–Crippen LogP) is -0.160. The Morgan fingerprint density at radius 3 is 1.50 bits per heavy atom. The van der Waals surface area contributed by atoms with Crippen molar-refractivity contribution in [1.82, 2.24) is 0 Å². The average Bonchev–Trinajstić information content (AvgIpc) is 2.30. The number of ether oxygens (including phenoxy) is 2. The van der Waals surface area contributed by atoms with Gasteiger partial charge >= 0.3 is 0 Å². The molecule has 0 heterocycles. The van der Waals surface area contributed by atoms with Gasteiger partial charge in [0.2, 0.25) is 11.5 Å². The van der Waals surface area contributed by atoms with Gasteiger partial charge < -0.3 is 29.9 Å². The van der Waals surface area contributed by atoms with E-state index in [1.807, 2.05) is 0 Å². The fourth-order valence-corrected chi connectivity index (χ4v) is 1.09. The van der Waals surface area contributed by atoms with Crippen LogP contribution in [0, 0.1) is 0 Å². The number of aliphatic hydroxyl groups is 2. The molecule has 6 nitrogen and oxygen atoms in total. The molecule has 0 spiro atoms. The molecule has 0 aliphatic heterocycles. The molecule has 6 heteroatoms. The summed E-state index contributed by atoms with van der Waals surface area (Å²) < 4.78 is 9.92. The highest BCUT2D eigenvalue weighted by atomic mass is 16.5. The van der Waals surface area contributed by atoms with E-state index in [-0.39, 0.29) is 37.9 Å². The normalized spacial score (nSPS) is 10.1. The van der Waals surface area contributed by atoms with Gasteiger partial charge in [0.25, 0.3) is 0 Å². The van der Waals surface area contributed by atoms with Gasteiger partial charge in [0, 0.05) is 0 Å². The van der Waals surface area contributed by atoms with Crippen LogP contribution in [-0.2, 0) is 0 Å². The van der Waals surface area contributed by atoms with Crippen molar-refractivity contribution in [2.45, 2.75) is 0 Å². The number of aromatic hydroxyl groups is 2. The lowest BCUT2D eigenvalue weighted by Crippen LogP contribution is -2.03. The number of rotatable bonds is 6. The summed E-state index contributed by atoms with van der Waals surface area (Å²) in [7, 11) is 0. The smallest absolute Gasteiger partial charge is 0.204 e. The molecule has 0 saturated heterocycles. The van der Waals surface area contributed by atoms with Gasteiger partial charge in [-0.15, -0.1) is 0 Å². The average molecular weight is 230 g/mol. The molecule has 0 bridgehead atoms. The standard InChI is InChI=1S/C10H14O6/c11-3-5-15-7-1-2-8(16-6-4-12)10(14)9(7)13/h1-2,11-14H,3-6H2. The zero-order valence-electron chi connectivity index (χ0n) is 8.59. The van der Waals surface area contributed by atoms with Crippen molar-refractivity contribution in [2.75, 3.05) is 26.4 Å². The van der Waals surface area contributed by atoms with Crippen molar-refractivity contribution in [3.63, 3.8) is 0 Å². The second-order valence-electron chi connectivity index (χ2n) is 2.90. The first-order valence-corrected chi connectivity index (χ1v) is 4.73. The number of aliphatic hydroxyl groups excluding tert-OH is 2. The molecule has 0 aromatic heterocycles. The summed E-state index contributed by atoms with van der Waals surface area (Å²) >= 11 is 0. The summed E-state index contributed by atoms with van der Waals surface area (Å²) in [5.41, 5.74) is 0. The van der Waals surface area contributed by atoms with Crippen LogP contribution >= 0.6 is 0 Å². The number of benzene rings is 1. The molecule has 0 aliphatic carbocycles. The van der Waals surface area contributed by atoms with Crippen molar-refractivity contribution in [2.24, 2.45) is 0 Å². The summed E-state index contributed by atoms with van der Waals surface area (Å²) in [6.07, 6.45) is 0. The Hall–Kier alpha value is -1.66. The van der Waals surface area contributed by atoms with Crippen LogP contribution < -0.4 is 9.47 Å². The summed E-state index contributed by atoms with van der Waals surface area (Å²) in [6, 6.07) is 2.80. The van der Waals surface area contributed by atoms with Crippen LogP contribution in [0.15, 0.2) is 12.1 Å². The van der Waals surface area contributed by atoms with E-state index in [2.05, 4.69) is 0 Å². The highest BCUT2D eigenvalue weighted by molar-refractivity contribution is 5.57. The minimum atomic E-state index is -0.455. The van der Waals surface area contributed by atoms with Crippen molar-refractivity contribution >= 4 is 0 Å². The van der Waals surface area contributed by atoms with Gasteiger partial charge in [0.05, 0.1) is 13.2 Å². The monoisotopic (exact) mass is 230 g/mol. The lowest BCUT2D eigenvalue weighted by Gasteiger charge is -2.11. The van der Waals surface area contributed by atoms with E-state index >= 15 is 0 Å². The van der Waals surface area contributed by atoms with Gasteiger partial charge in [0.15, 0.2) is 11.5 Å². The summed E-state index contributed by atoms with van der Waals surface area (Å²) in [6.45, 7) is -0.348. The third-order valence-corrected chi connectivity index (χ3v) is 1.77. The first kappa shape index (κ1) is 12.4. The molecule has 0 atom stereocenters. The number of hydrogen-bond acceptors (Lipinski definition) is 6. The maximum Gasteiger partial charge on any atom is 0.204 e. The highest BCUT2D eigenvalue weighted by Gasteiger charge is 2.13. The topological polar surface area (TPSA) is 99.4 Å². The lowest BCUT2D eigenvalue weighted by atomic mass is 10.2. The van der Waals surface area contributed by atoms with Crippen molar-refractivity contribution < 1.29 is 29.9 Å². The van der Waals surface area contributed by atoms with E-state index in [1.165, 1.54) is 12.1 Å². The number of phenolic OH excluding ortho intramolecular Hbond substituents is 2. The second kappa shape index (κ2) is 6.04. The fraction of sp³-hybridized carbons (Fsp3) is 0.400. The van der Waals surface area contributed by atoms with Gasteiger partial charge in [-0.3, -0.25) is 0 Å². The van der Waals surface area contributed by atoms with Gasteiger partial charge in [-0.2, -0.15) is 0 Å². The van der Waals surface area contributed by atoms with Gasteiger partial charge in [-0.25, -0.2) is 0 Å². The Balaban J connectivity index is 2.81. The lowest BCUT2D eigenvalue weighted by molar-refractivity contribution is 0.189. The molecular weight excluding hydrogens is 216 g/mol. The maximum absolute atomic E-state index is 9.51. The van der Waals surface area contributed by atoms with Crippen LogP contribution in [0.5, 0.6) is 23.0 Å². The molecule has 0 radical (unpaired) electrons. The minimum Gasteiger partial charge on any atom is -0.502 e. The first-order chi connectivity index (χ1) is 7.70. The molecule has 90 valence electrons. The Labute approximate surface area is 92.3 Å². The molecule has 1 aromatic carbocycles. The molecule has 0 unspecified atom stereocenters. The molecule has 4 N–H and O–H groups in total. The minimum absolute atomic E-state index is 0.0177. The fourth-order valence-electron chi connectivity index (χ4n) is 1.09. The van der Waals surface area contributed by atoms with E-state index in [0.717, 1.165) is 0 Å². The third kappa shape index (κ3) is 2.91. The van der Waals surface area contributed by atoms with Gasteiger partial charge in [0.1, 0.15) is 13.2 Å². The van der Waals surface area contributed by atoms with E-state index in [1.54, 1.807) is 0 Å². The van der Waals surface area contributed by atoms with Gasteiger partial charge in [-0.1, -0.05) is 0 Å². The van der Waals surface area contributed by atoms with Crippen LogP contribution in [0.25, 0.3) is 0 Å². The van der Waals surface area contributed by atoms with E-state index in [9.17, 15) is 10.2 Å². The van der Waals surface area contributed by atoms with Crippen LogP contribution in [0.1, 0.15) is 0 Å². The van der Waals surface area contributed by atoms with Gasteiger partial charge in [-0.05, 0) is 12.1 Å². The summed E-state index contributed by atoms with van der Waals surface area (Å²) in [5, 5.41) is 36.1. The Bertz CT molecular complexity index is 305. The molecule has 0 aliphatic rings. The molecular formula is C10H14O6. The molecule has 1 rings (SSSR count). The second-order valence-corrected chi connectivity index (χ2v) is 2.90. The summed E-state index contributed by atoms with van der Waals surface area (Å²) in [4.78, 5) is 0. The predicted molar refractivity (Wildman–Crippen MR) is 54.9 cm³/mol. The van der Waals surface area contributed by atoms with Crippen LogP contribution in [0.2, 0.25) is 0 Å². The Kier molecular flexibility index (Phi) is 4.68. The largest absolute Gasteiger partial charge is 0.502 e. The van der Waals surface area contributed by atoms with Crippen LogP contribution in [0.4, 0.5) is 0 Å². The third-order valence-electron chi connectivity index (χ3n) is 1.77. The van der Waals surface area contributed by atoms with E-state index in [4.69, 9.17) is 19.7 Å². The highest BCUT2D eigenvalue weighted by Crippen LogP contribution is 2.42. The first-order valence-electron chi connectivity index (χ1n) is 4.73. The van der Waals surface area contributed by atoms with Crippen LogP contribution in [0.3, 0.4) is 0 Å². The molecule has 1 aromatic rings. The quantitative estimate of drug-likeness (QED) is 0.507. The zero-order valence-corrected chi connectivity index (χ0v) is 8.59. The Morgan fingerprint density at radius 2 is 1.19 bits per heavy atom. The van der Waals surface area contributed by atoms with E-state index < -0.39 is 11.5 Å². The van der Waals surface area contributed by atoms with Crippen LogP contribution in [-0.4, -0.2) is 46.9 Å². The molecule has 0 fully saturated rings. The number of phenols is 2. The van der Waals surface area contributed by atoms with Crippen molar-refractivity contribution in [3.8, 4) is 23.0 Å². The molecule has 16 heavy (non-hydrogen) atoms. The maximum atomic E-state index is 9.51. The molecule has 0 saturated carbocycles. The zero-order chi connectivity index (χ0) is 12.0. The SMILES string of the molecule is OCCOc1ccc(OCCO)c(O)c1O. The summed E-state index contributed by atoms with van der Waals surface area (Å²) in [5.74, 6) is -0.793. The molecule has 0 amide bonds. The van der Waals surface area contributed by atoms with Crippen molar-refractivity contribution in [1.29, 1.82) is 0 Å². The number of hydrogen-bond donors (Lipinski definition) is 4.